The van der Waals surface area contributed by atoms with Crippen molar-refractivity contribution in [3.8, 4) is 0 Å². The molecule has 27 heavy (non-hydrogen) atoms. The van der Waals surface area contributed by atoms with Crippen LogP contribution < -0.4 is 10.8 Å². The topological polar surface area (TPSA) is 98.7 Å². The Balaban J connectivity index is 2.30. The number of rotatable bonds is 8. The average molecular weight is 375 g/mol. The standard InChI is InChI=1S/C20H29N3O4/c1-14(2)12-20(13-17(24)22-27)9-10-23(19(20)26)16(18(25)21-3)11-15-7-5-4-6-8-15/h4-8,14,16,27H,9-13H2,1-3H3,(H,21,25)(H,22,24). The van der Waals surface area contributed by atoms with Crippen LogP contribution >= 0.6 is 0 Å². The van der Waals surface area contributed by atoms with E-state index in [2.05, 4.69) is 5.32 Å². The lowest BCUT2D eigenvalue weighted by molar-refractivity contribution is -0.146. The van der Waals surface area contributed by atoms with Gasteiger partial charge in [-0.15, -0.1) is 0 Å². The van der Waals surface area contributed by atoms with E-state index in [-0.39, 0.29) is 24.2 Å². The molecule has 0 aliphatic carbocycles. The highest BCUT2D eigenvalue weighted by Crippen LogP contribution is 2.42. The Labute approximate surface area is 160 Å². The second-order valence-corrected chi connectivity index (χ2v) is 7.66. The van der Waals surface area contributed by atoms with Gasteiger partial charge in [0.1, 0.15) is 6.04 Å². The molecule has 0 saturated carbocycles. The molecule has 3 N–H and O–H groups in total. The molecule has 1 saturated heterocycles. The van der Waals surface area contributed by atoms with E-state index >= 15 is 0 Å². The van der Waals surface area contributed by atoms with Gasteiger partial charge in [0.05, 0.1) is 5.41 Å². The highest BCUT2D eigenvalue weighted by atomic mass is 16.5. The predicted octanol–water partition coefficient (Wildman–Crippen LogP) is 1.50. The van der Waals surface area contributed by atoms with Gasteiger partial charge >= 0.3 is 0 Å². The zero-order valence-corrected chi connectivity index (χ0v) is 16.2. The van der Waals surface area contributed by atoms with Crippen molar-refractivity contribution in [1.82, 2.24) is 15.7 Å². The van der Waals surface area contributed by atoms with E-state index in [4.69, 9.17) is 5.21 Å². The van der Waals surface area contributed by atoms with Crippen LogP contribution in [0, 0.1) is 11.3 Å². The van der Waals surface area contributed by atoms with Crippen LogP contribution in [0.15, 0.2) is 30.3 Å². The van der Waals surface area contributed by atoms with E-state index < -0.39 is 17.4 Å². The Kier molecular flexibility index (Phi) is 6.96. The van der Waals surface area contributed by atoms with Gasteiger partial charge in [0.25, 0.3) is 0 Å². The molecule has 1 heterocycles. The second-order valence-electron chi connectivity index (χ2n) is 7.66. The van der Waals surface area contributed by atoms with Crippen molar-refractivity contribution < 1.29 is 19.6 Å². The molecule has 1 aliphatic heterocycles. The van der Waals surface area contributed by atoms with Crippen LogP contribution in [-0.4, -0.2) is 47.5 Å². The summed E-state index contributed by atoms with van der Waals surface area (Å²) < 4.78 is 0. The van der Waals surface area contributed by atoms with Crippen LogP contribution in [0.5, 0.6) is 0 Å². The molecule has 0 spiro atoms. The average Bonchev–Trinajstić information content (AvgIpc) is 2.95. The molecule has 2 atom stereocenters. The van der Waals surface area contributed by atoms with Crippen LogP contribution in [0.1, 0.15) is 38.7 Å². The number of carbonyl (C=O) groups is 3. The number of hydroxylamine groups is 1. The monoisotopic (exact) mass is 375 g/mol. The van der Waals surface area contributed by atoms with Crippen LogP contribution in [0.3, 0.4) is 0 Å². The normalized spacial score (nSPS) is 20.6. The van der Waals surface area contributed by atoms with Crippen molar-refractivity contribution >= 4 is 17.7 Å². The number of nitrogens with zero attached hydrogens (tertiary/aromatic N) is 1. The number of benzene rings is 1. The molecule has 1 aromatic rings. The molecule has 1 aromatic carbocycles. The molecule has 0 radical (unpaired) electrons. The SMILES string of the molecule is CNC(=O)C(Cc1ccccc1)N1CCC(CC(=O)NO)(CC(C)C)C1=O. The minimum Gasteiger partial charge on any atom is -0.357 e. The molecule has 3 amide bonds. The summed E-state index contributed by atoms with van der Waals surface area (Å²) >= 11 is 0. The molecule has 7 nitrogen and oxygen atoms in total. The molecule has 7 heteroatoms. The minimum atomic E-state index is -0.885. The maximum atomic E-state index is 13.4. The molecule has 1 aliphatic rings. The summed E-state index contributed by atoms with van der Waals surface area (Å²) in [6, 6.07) is 8.93. The molecule has 0 aromatic heterocycles. The van der Waals surface area contributed by atoms with E-state index in [0.29, 0.717) is 25.8 Å². The van der Waals surface area contributed by atoms with Gasteiger partial charge in [-0.25, -0.2) is 5.48 Å². The lowest BCUT2D eigenvalue weighted by atomic mass is 9.75. The van der Waals surface area contributed by atoms with E-state index in [1.54, 1.807) is 17.4 Å². The van der Waals surface area contributed by atoms with Gasteiger partial charge in [-0.3, -0.25) is 19.6 Å². The summed E-state index contributed by atoms with van der Waals surface area (Å²) in [7, 11) is 1.56. The third-order valence-electron chi connectivity index (χ3n) is 5.17. The Morgan fingerprint density at radius 1 is 1.26 bits per heavy atom. The Morgan fingerprint density at radius 3 is 2.48 bits per heavy atom. The lowest BCUT2D eigenvalue weighted by Gasteiger charge is -2.31. The Morgan fingerprint density at radius 2 is 1.93 bits per heavy atom. The first-order valence-electron chi connectivity index (χ1n) is 9.32. The van der Waals surface area contributed by atoms with Crippen LogP contribution in [0.25, 0.3) is 0 Å². The number of hydrogen-bond donors (Lipinski definition) is 3. The van der Waals surface area contributed by atoms with Gasteiger partial charge in [-0.05, 0) is 24.3 Å². The van der Waals surface area contributed by atoms with Crippen LogP contribution in [-0.2, 0) is 20.8 Å². The smallest absolute Gasteiger partial charge is 0.244 e. The van der Waals surface area contributed by atoms with E-state index in [0.717, 1.165) is 5.56 Å². The summed E-state index contributed by atoms with van der Waals surface area (Å²) in [5.74, 6) is -0.790. The molecular weight excluding hydrogens is 346 g/mol. The number of likely N-dealkylation sites (tertiary alicyclic amines) is 1. The summed E-state index contributed by atoms with van der Waals surface area (Å²) in [5.41, 5.74) is 1.72. The van der Waals surface area contributed by atoms with Crippen molar-refractivity contribution in [3.05, 3.63) is 35.9 Å². The largest absolute Gasteiger partial charge is 0.357 e. The highest BCUT2D eigenvalue weighted by molar-refractivity contribution is 5.94. The predicted molar refractivity (Wildman–Crippen MR) is 101 cm³/mol. The number of hydrogen-bond acceptors (Lipinski definition) is 4. The first-order valence-corrected chi connectivity index (χ1v) is 9.32. The Bertz CT molecular complexity index is 677. The summed E-state index contributed by atoms with van der Waals surface area (Å²) in [5, 5.41) is 11.6. The van der Waals surface area contributed by atoms with Crippen molar-refractivity contribution in [2.75, 3.05) is 13.6 Å². The van der Waals surface area contributed by atoms with E-state index in [9.17, 15) is 14.4 Å². The maximum Gasteiger partial charge on any atom is 0.244 e. The second kappa shape index (κ2) is 8.99. The Hall–Kier alpha value is -2.41. The third-order valence-corrected chi connectivity index (χ3v) is 5.17. The third kappa shape index (κ3) is 4.86. The summed E-state index contributed by atoms with van der Waals surface area (Å²) in [4.78, 5) is 39.3. The zero-order chi connectivity index (χ0) is 20.0. The highest BCUT2D eigenvalue weighted by Gasteiger charge is 2.50. The quantitative estimate of drug-likeness (QED) is 0.474. The minimum absolute atomic E-state index is 0.0805. The molecule has 2 rings (SSSR count). The van der Waals surface area contributed by atoms with Crippen LogP contribution in [0.4, 0.5) is 0 Å². The van der Waals surface area contributed by atoms with Gasteiger partial charge in [0.15, 0.2) is 0 Å². The van der Waals surface area contributed by atoms with Crippen LogP contribution in [0.2, 0.25) is 0 Å². The van der Waals surface area contributed by atoms with Crippen molar-refractivity contribution in [3.63, 3.8) is 0 Å². The van der Waals surface area contributed by atoms with E-state index in [1.165, 1.54) is 0 Å². The molecular formula is C20H29N3O4. The lowest BCUT2D eigenvalue weighted by Crippen LogP contribution is -2.50. The first kappa shape index (κ1) is 20.9. The molecule has 1 fully saturated rings. The summed E-state index contributed by atoms with van der Waals surface area (Å²) in [6.45, 7) is 4.40. The van der Waals surface area contributed by atoms with Crippen molar-refractivity contribution in [1.29, 1.82) is 0 Å². The van der Waals surface area contributed by atoms with Gasteiger partial charge in [-0.2, -0.15) is 0 Å². The maximum absolute atomic E-state index is 13.4. The van der Waals surface area contributed by atoms with Gasteiger partial charge < -0.3 is 10.2 Å². The fourth-order valence-electron chi connectivity index (χ4n) is 4.05. The fraction of sp³-hybridized carbons (Fsp3) is 0.550. The number of likely N-dealkylation sites (N-methyl/N-ethyl adjacent to an activating group) is 1. The number of nitrogens with one attached hydrogen (secondary N) is 2. The van der Waals surface area contributed by atoms with Gasteiger partial charge in [0.2, 0.25) is 17.7 Å². The molecule has 0 bridgehead atoms. The number of carbonyl (C=O) groups excluding carboxylic acids is 3. The van der Waals surface area contributed by atoms with Crippen molar-refractivity contribution in [2.24, 2.45) is 11.3 Å². The van der Waals surface area contributed by atoms with Gasteiger partial charge in [-0.1, -0.05) is 44.2 Å². The zero-order valence-electron chi connectivity index (χ0n) is 16.2. The fourth-order valence-corrected chi connectivity index (χ4v) is 4.05. The molecule has 148 valence electrons. The number of amides is 3. The van der Waals surface area contributed by atoms with Gasteiger partial charge in [0, 0.05) is 26.4 Å². The summed E-state index contributed by atoms with van der Waals surface area (Å²) in [6.07, 6.45) is 1.35. The van der Waals surface area contributed by atoms with E-state index in [1.807, 2.05) is 44.2 Å². The van der Waals surface area contributed by atoms with Crippen molar-refractivity contribution in [2.45, 2.75) is 45.6 Å². The molecule has 2 unspecified atom stereocenters. The first-order chi connectivity index (χ1) is 12.8.